The Hall–Kier alpha value is -1.39. The van der Waals surface area contributed by atoms with Crippen LogP contribution in [-0.2, 0) is 6.42 Å². The van der Waals surface area contributed by atoms with Crippen LogP contribution in [0.4, 0.5) is 0 Å². The van der Waals surface area contributed by atoms with Crippen LogP contribution in [0, 0.1) is 0 Å². The van der Waals surface area contributed by atoms with Gasteiger partial charge < -0.3 is 0 Å². The van der Waals surface area contributed by atoms with E-state index in [1.165, 1.54) is 18.0 Å². The van der Waals surface area contributed by atoms with Gasteiger partial charge in [-0.25, -0.2) is 0 Å². The van der Waals surface area contributed by atoms with Gasteiger partial charge in [0.2, 0.25) is 0 Å². The second-order valence-electron chi connectivity index (χ2n) is 8.43. The molecule has 0 aromatic heterocycles. The van der Waals surface area contributed by atoms with E-state index < -0.39 is 16.1 Å². The third kappa shape index (κ3) is 5.61. The van der Waals surface area contributed by atoms with Crippen molar-refractivity contribution in [2.24, 2.45) is 0 Å². The molecule has 0 saturated carbocycles. The van der Waals surface area contributed by atoms with Gasteiger partial charge in [0.05, 0.1) is 16.1 Å². The zero-order chi connectivity index (χ0) is 17.6. The Morgan fingerprint density at radius 3 is 1.88 bits per heavy atom. The van der Waals surface area contributed by atoms with Crippen LogP contribution in [0.15, 0.2) is 71.9 Å². The SMILES string of the molecule is C[Si](C)(C)/C(=C/CCc1ccccc1)C[Si](C)(C)c1ccccc1. The summed E-state index contributed by atoms with van der Waals surface area (Å²) in [5.74, 6) is 0. The van der Waals surface area contributed by atoms with E-state index >= 15 is 0 Å². The van der Waals surface area contributed by atoms with E-state index in [2.05, 4.69) is 99.5 Å². The molecule has 0 spiro atoms. The third-order valence-corrected chi connectivity index (χ3v) is 10.6. The van der Waals surface area contributed by atoms with Crippen molar-refractivity contribution in [2.75, 3.05) is 0 Å². The highest BCUT2D eigenvalue weighted by molar-refractivity contribution is 6.93. The zero-order valence-corrected chi connectivity index (χ0v) is 18.0. The van der Waals surface area contributed by atoms with Crippen molar-refractivity contribution in [2.45, 2.75) is 51.6 Å². The molecule has 0 aliphatic heterocycles. The van der Waals surface area contributed by atoms with Gasteiger partial charge in [0.1, 0.15) is 0 Å². The monoisotopic (exact) mass is 352 g/mol. The number of hydrogen-bond donors (Lipinski definition) is 0. The van der Waals surface area contributed by atoms with Crippen molar-refractivity contribution in [3.05, 3.63) is 77.5 Å². The minimum atomic E-state index is -1.42. The van der Waals surface area contributed by atoms with Crippen LogP contribution in [-0.4, -0.2) is 16.1 Å². The molecule has 128 valence electrons. The third-order valence-electron chi connectivity index (χ3n) is 4.82. The smallest absolute Gasteiger partial charge is 0.0842 e. The molecule has 24 heavy (non-hydrogen) atoms. The van der Waals surface area contributed by atoms with E-state index in [-0.39, 0.29) is 0 Å². The second-order valence-corrected chi connectivity index (χ2v) is 18.3. The molecule has 0 aliphatic carbocycles. The standard InChI is InChI=1S/C22H32Si2/c1-23(2,3)22(18-12-15-20-13-8-6-9-14-20)19-24(4,5)21-16-10-7-11-17-21/h6-11,13-14,16-18H,12,15,19H2,1-5H3/b22-18+. The highest BCUT2D eigenvalue weighted by Crippen LogP contribution is 2.26. The molecule has 0 N–H and O–H groups in total. The average molecular weight is 353 g/mol. The summed E-state index contributed by atoms with van der Waals surface area (Å²) in [6.07, 6.45) is 4.90. The first kappa shape index (κ1) is 18.9. The number of rotatable bonds is 7. The Balaban J connectivity index is 2.12. The first-order valence-electron chi connectivity index (χ1n) is 9.08. The summed E-state index contributed by atoms with van der Waals surface area (Å²) >= 11 is 0. The minimum absolute atomic E-state index is 1.15. The van der Waals surface area contributed by atoms with Crippen LogP contribution >= 0.6 is 0 Å². The topological polar surface area (TPSA) is 0 Å². The number of aryl methyl sites for hydroxylation is 1. The molecule has 0 unspecified atom stereocenters. The maximum Gasteiger partial charge on any atom is 0.0842 e. The maximum atomic E-state index is 2.58. The fourth-order valence-electron chi connectivity index (χ4n) is 3.17. The summed E-state index contributed by atoms with van der Waals surface area (Å²) in [5.41, 5.74) is 1.45. The van der Waals surface area contributed by atoms with Crippen LogP contribution in [0.25, 0.3) is 0 Å². The van der Waals surface area contributed by atoms with Crippen molar-refractivity contribution in [1.29, 1.82) is 0 Å². The highest BCUT2D eigenvalue weighted by Gasteiger charge is 2.29. The molecule has 2 aromatic rings. The molecule has 2 heteroatoms. The quantitative estimate of drug-likeness (QED) is 0.533. The first-order valence-corrected chi connectivity index (χ1v) is 15.8. The van der Waals surface area contributed by atoms with E-state index in [0.717, 1.165) is 6.42 Å². The summed E-state index contributed by atoms with van der Waals surface area (Å²) in [7, 11) is -2.69. The molecular weight excluding hydrogens is 320 g/mol. The molecular formula is C22H32Si2. The minimum Gasteiger partial charge on any atom is -0.0891 e. The number of allylic oxidation sites excluding steroid dienone is 2. The number of hydrogen-bond acceptors (Lipinski definition) is 0. The first-order chi connectivity index (χ1) is 11.3. The van der Waals surface area contributed by atoms with Gasteiger partial charge in [-0.3, -0.25) is 0 Å². The molecule has 0 fully saturated rings. The van der Waals surface area contributed by atoms with Crippen LogP contribution < -0.4 is 5.19 Å². The van der Waals surface area contributed by atoms with E-state index in [1.54, 1.807) is 10.4 Å². The zero-order valence-electron chi connectivity index (χ0n) is 16.0. The Bertz CT molecular complexity index is 649. The van der Waals surface area contributed by atoms with Gasteiger partial charge in [-0.15, -0.1) is 0 Å². The van der Waals surface area contributed by atoms with Crippen molar-refractivity contribution in [3.63, 3.8) is 0 Å². The second kappa shape index (κ2) is 8.13. The molecule has 0 heterocycles. The summed E-state index contributed by atoms with van der Waals surface area (Å²) in [5, 5.41) is 3.34. The van der Waals surface area contributed by atoms with Crippen LogP contribution in [0.3, 0.4) is 0 Å². The average Bonchev–Trinajstić information content (AvgIpc) is 2.55. The molecule has 0 saturated heterocycles. The van der Waals surface area contributed by atoms with E-state index in [1.807, 2.05) is 0 Å². The predicted octanol–water partition coefficient (Wildman–Crippen LogP) is 6.04. The van der Waals surface area contributed by atoms with Gasteiger partial charge in [0.15, 0.2) is 0 Å². The Kier molecular flexibility index (Phi) is 6.42. The van der Waals surface area contributed by atoms with E-state index in [4.69, 9.17) is 0 Å². The molecule has 0 bridgehead atoms. The van der Waals surface area contributed by atoms with Crippen LogP contribution in [0.2, 0.25) is 38.8 Å². The predicted molar refractivity (Wildman–Crippen MR) is 115 cm³/mol. The summed E-state index contributed by atoms with van der Waals surface area (Å²) in [6.45, 7) is 12.5. The normalized spacial score (nSPS) is 13.1. The molecule has 0 amide bonds. The Morgan fingerprint density at radius 2 is 1.33 bits per heavy atom. The van der Waals surface area contributed by atoms with Crippen molar-refractivity contribution in [1.82, 2.24) is 0 Å². The molecule has 0 nitrogen and oxygen atoms in total. The van der Waals surface area contributed by atoms with Gasteiger partial charge in [0, 0.05) is 0 Å². The summed E-state index contributed by atoms with van der Waals surface area (Å²) in [6, 6.07) is 23.3. The van der Waals surface area contributed by atoms with Gasteiger partial charge in [-0.1, -0.05) is 110 Å². The lowest BCUT2D eigenvalue weighted by Gasteiger charge is -2.30. The summed E-state index contributed by atoms with van der Waals surface area (Å²) in [4.78, 5) is 0. The molecule has 2 rings (SSSR count). The van der Waals surface area contributed by atoms with Crippen molar-refractivity contribution >= 4 is 21.3 Å². The molecule has 0 atom stereocenters. The van der Waals surface area contributed by atoms with Gasteiger partial charge >= 0.3 is 0 Å². The maximum absolute atomic E-state index is 2.58. The Labute approximate surface area is 150 Å². The lowest BCUT2D eigenvalue weighted by atomic mass is 10.1. The van der Waals surface area contributed by atoms with E-state index in [9.17, 15) is 0 Å². The van der Waals surface area contributed by atoms with E-state index in [0.29, 0.717) is 0 Å². The number of benzene rings is 2. The van der Waals surface area contributed by atoms with Gasteiger partial charge in [-0.2, -0.15) is 0 Å². The van der Waals surface area contributed by atoms with Crippen LogP contribution in [0.5, 0.6) is 0 Å². The summed E-state index contributed by atoms with van der Waals surface area (Å²) < 4.78 is 0. The Morgan fingerprint density at radius 1 is 0.792 bits per heavy atom. The lowest BCUT2D eigenvalue weighted by Crippen LogP contribution is -2.44. The molecule has 2 aromatic carbocycles. The fourth-order valence-corrected chi connectivity index (χ4v) is 9.77. The van der Waals surface area contributed by atoms with Crippen molar-refractivity contribution < 1.29 is 0 Å². The van der Waals surface area contributed by atoms with Crippen LogP contribution in [0.1, 0.15) is 12.0 Å². The van der Waals surface area contributed by atoms with Crippen molar-refractivity contribution in [3.8, 4) is 0 Å². The molecule has 0 radical (unpaired) electrons. The van der Waals surface area contributed by atoms with Gasteiger partial charge in [0.25, 0.3) is 0 Å². The highest BCUT2D eigenvalue weighted by atomic mass is 28.3. The molecule has 0 aliphatic rings. The van der Waals surface area contributed by atoms with Gasteiger partial charge in [-0.05, 0) is 24.4 Å². The lowest BCUT2D eigenvalue weighted by molar-refractivity contribution is 0.994. The fraction of sp³-hybridized carbons (Fsp3) is 0.364. The largest absolute Gasteiger partial charge is 0.0891 e.